The minimum Gasteiger partial charge on any atom is -0.309 e. The molecule has 0 amide bonds. The van der Waals surface area contributed by atoms with E-state index in [-0.39, 0.29) is 0 Å². The van der Waals surface area contributed by atoms with Gasteiger partial charge in [0.05, 0.1) is 5.88 Å². The SMILES string of the molecule is CC1CCCC(n2c(CCl)nc3cccnc32)CC1. The summed E-state index contributed by atoms with van der Waals surface area (Å²) in [7, 11) is 0. The molecule has 2 aromatic heterocycles. The first-order valence-corrected chi connectivity index (χ1v) is 7.71. The number of rotatable bonds is 2. The third kappa shape index (κ3) is 2.48. The molecule has 0 spiro atoms. The molecule has 1 saturated carbocycles. The Balaban J connectivity index is 2.02. The number of aromatic nitrogens is 3. The lowest BCUT2D eigenvalue weighted by atomic mass is 10.0. The summed E-state index contributed by atoms with van der Waals surface area (Å²) < 4.78 is 2.29. The van der Waals surface area contributed by atoms with Crippen LogP contribution in [0.1, 0.15) is 50.9 Å². The molecule has 19 heavy (non-hydrogen) atoms. The molecule has 0 radical (unpaired) electrons. The largest absolute Gasteiger partial charge is 0.309 e. The third-order valence-corrected chi connectivity index (χ3v) is 4.47. The van der Waals surface area contributed by atoms with Crippen LogP contribution in [0.2, 0.25) is 0 Å². The van der Waals surface area contributed by atoms with Gasteiger partial charge in [0.2, 0.25) is 0 Å². The van der Waals surface area contributed by atoms with Crippen LogP contribution in [0.3, 0.4) is 0 Å². The standard InChI is InChI=1S/C15H20ClN3/c1-11-4-2-5-12(8-7-11)19-14(10-16)18-13-6-3-9-17-15(13)19/h3,6,9,11-12H,2,4-5,7-8,10H2,1H3. The van der Waals surface area contributed by atoms with Crippen molar-refractivity contribution in [2.24, 2.45) is 5.92 Å². The topological polar surface area (TPSA) is 30.7 Å². The van der Waals surface area contributed by atoms with E-state index in [1.54, 1.807) is 0 Å². The summed E-state index contributed by atoms with van der Waals surface area (Å²) in [5, 5.41) is 0. The molecule has 1 aliphatic rings. The fourth-order valence-corrected chi connectivity index (χ4v) is 3.37. The Bertz CT molecular complexity index is 564. The lowest BCUT2D eigenvalue weighted by Crippen LogP contribution is -2.11. The summed E-state index contributed by atoms with van der Waals surface area (Å²) in [6.45, 7) is 2.36. The summed E-state index contributed by atoms with van der Waals surface area (Å²) in [6, 6.07) is 4.47. The Morgan fingerprint density at radius 1 is 1.32 bits per heavy atom. The highest BCUT2D eigenvalue weighted by Crippen LogP contribution is 2.33. The van der Waals surface area contributed by atoms with Crippen molar-refractivity contribution in [2.45, 2.75) is 50.9 Å². The maximum absolute atomic E-state index is 6.08. The fourth-order valence-electron chi connectivity index (χ4n) is 3.18. The molecule has 1 aliphatic carbocycles. The predicted octanol–water partition coefficient (Wildman–Crippen LogP) is 4.31. The van der Waals surface area contributed by atoms with E-state index in [0.717, 1.165) is 22.9 Å². The number of alkyl halides is 1. The molecule has 2 atom stereocenters. The highest BCUT2D eigenvalue weighted by atomic mass is 35.5. The number of halogens is 1. The number of fused-ring (bicyclic) bond motifs is 1. The van der Waals surface area contributed by atoms with Crippen LogP contribution in [0.4, 0.5) is 0 Å². The first-order chi connectivity index (χ1) is 9.29. The molecule has 1 fully saturated rings. The maximum Gasteiger partial charge on any atom is 0.160 e. The summed E-state index contributed by atoms with van der Waals surface area (Å²) in [4.78, 5) is 9.14. The van der Waals surface area contributed by atoms with Gasteiger partial charge in [0.15, 0.2) is 5.65 Å². The molecule has 102 valence electrons. The molecule has 0 saturated heterocycles. The Labute approximate surface area is 119 Å². The fraction of sp³-hybridized carbons (Fsp3) is 0.600. The average molecular weight is 278 g/mol. The van der Waals surface area contributed by atoms with Crippen molar-refractivity contribution in [2.75, 3.05) is 0 Å². The van der Waals surface area contributed by atoms with Crippen molar-refractivity contribution in [1.82, 2.24) is 14.5 Å². The molecule has 3 nitrogen and oxygen atoms in total. The van der Waals surface area contributed by atoms with Gasteiger partial charge in [-0.25, -0.2) is 9.97 Å². The van der Waals surface area contributed by atoms with Crippen molar-refractivity contribution in [3.05, 3.63) is 24.2 Å². The van der Waals surface area contributed by atoms with E-state index in [9.17, 15) is 0 Å². The van der Waals surface area contributed by atoms with Gasteiger partial charge in [-0.3, -0.25) is 0 Å². The smallest absolute Gasteiger partial charge is 0.160 e. The highest BCUT2D eigenvalue weighted by Gasteiger charge is 2.22. The minimum absolute atomic E-state index is 0.461. The molecular weight excluding hydrogens is 258 g/mol. The molecule has 4 heteroatoms. The van der Waals surface area contributed by atoms with E-state index >= 15 is 0 Å². The Kier molecular flexibility index (Phi) is 3.74. The molecule has 0 bridgehead atoms. The van der Waals surface area contributed by atoms with E-state index in [4.69, 9.17) is 11.6 Å². The zero-order valence-corrected chi connectivity index (χ0v) is 12.1. The number of pyridine rings is 1. The van der Waals surface area contributed by atoms with Crippen molar-refractivity contribution < 1.29 is 0 Å². The van der Waals surface area contributed by atoms with Gasteiger partial charge in [-0.15, -0.1) is 11.6 Å². The second-order valence-electron chi connectivity index (χ2n) is 5.65. The Hall–Kier alpha value is -1.09. The molecule has 2 heterocycles. The average Bonchev–Trinajstić information content (AvgIpc) is 2.68. The van der Waals surface area contributed by atoms with Gasteiger partial charge in [0, 0.05) is 12.2 Å². The van der Waals surface area contributed by atoms with Crippen molar-refractivity contribution in [3.63, 3.8) is 0 Å². The monoisotopic (exact) mass is 277 g/mol. The van der Waals surface area contributed by atoms with Gasteiger partial charge in [0.25, 0.3) is 0 Å². The Morgan fingerprint density at radius 2 is 2.21 bits per heavy atom. The van der Waals surface area contributed by atoms with Crippen LogP contribution in [0.15, 0.2) is 18.3 Å². The zero-order valence-electron chi connectivity index (χ0n) is 11.3. The van der Waals surface area contributed by atoms with E-state index in [1.165, 1.54) is 32.1 Å². The summed E-state index contributed by atoms with van der Waals surface area (Å²) in [5.41, 5.74) is 1.97. The summed E-state index contributed by atoms with van der Waals surface area (Å²) in [6.07, 6.45) is 8.20. The van der Waals surface area contributed by atoms with Crippen LogP contribution in [0.25, 0.3) is 11.2 Å². The molecule has 2 aromatic rings. The third-order valence-electron chi connectivity index (χ3n) is 4.23. The minimum atomic E-state index is 0.461. The van der Waals surface area contributed by atoms with Crippen molar-refractivity contribution in [3.8, 4) is 0 Å². The number of nitrogens with zero attached hydrogens (tertiary/aromatic N) is 3. The van der Waals surface area contributed by atoms with Gasteiger partial charge in [-0.2, -0.15) is 0 Å². The number of imidazole rings is 1. The molecule has 0 N–H and O–H groups in total. The summed E-state index contributed by atoms with van der Waals surface area (Å²) >= 11 is 6.08. The molecular formula is C15H20ClN3. The van der Waals surface area contributed by atoms with E-state index in [2.05, 4.69) is 21.5 Å². The van der Waals surface area contributed by atoms with Crippen LogP contribution in [0.5, 0.6) is 0 Å². The van der Waals surface area contributed by atoms with Crippen LogP contribution < -0.4 is 0 Å². The lowest BCUT2D eigenvalue weighted by Gasteiger charge is -2.19. The predicted molar refractivity (Wildman–Crippen MR) is 78.4 cm³/mol. The second-order valence-corrected chi connectivity index (χ2v) is 5.91. The van der Waals surface area contributed by atoms with E-state index in [0.29, 0.717) is 11.9 Å². The lowest BCUT2D eigenvalue weighted by molar-refractivity contribution is 0.432. The number of hydrogen-bond acceptors (Lipinski definition) is 2. The van der Waals surface area contributed by atoms with Crippen LogP contribution in [0, 0.1) is 5.92 Å². The van der Waals surface area contributed by atoms with E-state index < -0.39 is 0 Å². The maximum atomic E-state index is 6.08. The van der Waals surface area contributed by atoms with Gasteiger partial charge >= 0.3 is 0 Å². The van der Waals surface area contributed by atoms with Crippen LogP contribution in [-0.4, -0.2) is 14.5 Å². The van der Waals surface area contributed by atoms with Crippen molar-refractivity contribution >= 4 is 22.8 Å². The first kappa shape index (κ1) is 12.9. The first-order valence-electron chi connectivity index (χ1n) is 7.17. The highest BCUT2D eigenvalue weighted by molar-refractivity contribution is 6.16. The van der Waals surface area contributed by atoms with Crippen LogP contribution >= 0.6 is 11.6 Å². The van der Waals surface area contributed by atoms with Gasteiger partial charge in [0.1, 0.15) is 11.3 Å². The molecule has 0 aliphatic heterocycles. The molecule has 2 unspecified atom stereocenters. The van der Waals surface area contributed by atoms with Gasteiger partial charge < -0.3 is 4.57 Å². The van der Waals surface area contributed by atoms with E-state index in [1.807, 2.05) is 18.3 Å². The number of hydrogen-bond donors (Lipinski definition) is 0. The van der Waals surface area contributed by atoms with Crippen molar-refractivity contribution in [1.29, 1.82) is 0 Å². The van der Waals surface area contributed by atoms with Gasteiger partial charge in [-0.05, 0) is 37.3 Å². The second kappa shape index (κ2) is 5.49. The quantitative estimate of drug-likeness (QED) is 0.605. The zero-order chi connectivity index (χ0) is 13.2. The normalized spacial score (nSPS) is 24.5. The van der Waals surface area contributed by atoms with Crippen LogP contribution in [-0.2, 0) is 5.88 Å². The molecule has 0 aromatic carbocycles. The van der Waals surface area contributed by atoms with Gasteiger partial charge in [-0.1, -0.05) is 19.8 Å². The molecule has 3 rings (SSSR count). The summed E-state index contributed by atoms with van der Waals surface area (Å²) in [5.74, 6) is 2.27. The Morgan fingerprint density at radius 3 is 3.05 bits per heavy atom.